The zero-order valence-electron chi connectivity index (χ0n) is 12.2. The molecule has 9 heteroatoms. The lowest BCUT2D eigenvalue weighted by molar-refractivity contribution is -0.135. The number of aliphatic carboxylic acids is 1. The molecular weight excluding hydrogens is 314 g/mol. The van der Waals surface area contributed by atoms with Crippen molar-refractivity contribution >= 4 is 22.0 Å². The van der Waals surface area contributed by atoms with Gasteiger partial charge in [0.2, 0.25) is 10.0 Å². The molecule has 0 saturated carbocycles. The Hall–Kier alpha value is -1.97. The SMILES string of the molecule is CCOC(=O)c1cc(COC)cc(S(=O)(=O)NCC(=O)O)c1. The molecule has 0 aromatic heterocycles. The molecule has 0 spiro atoms. The quantitative estimate of drug-likeness (QED) is 0.661. The second-order valence-electron chi connectivity index (χ2n) is 4.24. The van der Waals surface area contributed by atoms with Gasteiger partial charge in [0.25, 0.3) is 0 Å². The monoisotopic (exact) mass is 331 g/mol. The number of carbonyl (C=O) groups excluding carboxylic acids is 1. The number of hydrogen-bond donors (Lipinski definition) is 2. The number of methoxy groups -OCH3 is 1. The van der Waals surface area contributed by atoms with Crippen molar-refractivity contribution in [3.63, 3.8) is 0 Å². The minimum absolute atomic E-state index is 0.0482. The van der Waals surface area contributed by atoms with E-state index < -0.39 is 28.5 Å². The zero-order chi connectivity index (χ0) is 16.8. The number of carboxylic acids is 1. The maximum Gasteiger partial charge on any atom is 0.338 e. The Bertz CT molecular complexity index is 654. The van der Waals surface area contributed by atoms with Crippen LogP contribution >= 0.6 is 0 Å². The van der Waals surface area contributed by atoms with E-state index in [1.54, 1.807) is 6.92 Å². The summed E-state index contributed by atoms with van der Waals surface area (Å²) in [5, 5.41) is 8.55. The molecule has 0 fully saturated rings. The van der Waals surface area contributed by atoms with Crippen LogP contribution in [-0.4, -0.2) is 45.7 Å². The third kappa shape index (κ3) is 5.10. The molecular formula is C13H17NO7S. The van der Waals surface area contributed by atoms with E-state index in [0.29, 0.717) is 5.56 Å². The summed E-state index contributed by atoms with van der Waals surface area (Å²) in [4.78, 5) is 22.0. The number of ether oxygens (including phenoxy) is 2. The van der Waals surface area contributed by atoms with E-state index >= 15 is 0 Å². The van der Waals surface area contributed by atoms with Gasteiger partial charge in [-0.05, 0) is 30.7 Å². The molecule has 0 amide bonds. The van der Waals surface area contributed by atoms with Gasteiger partial charge in [0.05, 0.1) is 23.7 Å². The Morgan fingerprint density at radius 2 is 1.95 bits per heavy atom. The molecule has 8 nitrogen and oxygen atoms in total. The summed E-state index contributed by atoms with van der Waals surface area (Å²) < 4.78 is 35.8. The normalized spacial score (nSPS) is 11.2. The number of esters is 1. The van der Waals surface area contributed by atoms with E-state index in [9.17, 15) is 18.0 Å². The average Bonchev–Trinajstić information content (AvgIpc) is 2.45. The smallest absolute Gasteiger partial charge is 0.338 e. The number of nitrogens with one attached hydrogen (secondary N) is 1. The van der Waals surface area contributed by atoms with Crippen LogP contribution in [0.25, 0.3) is 0 Å². The Morgan fingerprint density at radius 3 is 2.50 bits per heavy atom. The molecule has 0 aliphatic carbocycles. The first-order chi connectivity index (χ1) is 10.3. The summed E-state index contributed by atoms with van der Waals surface area (Å²) in [5.74, 6) is -1.99. The van der Waals surface area contributed by atoms with E-state index in [1.165, 1.54) is 19.2 Å². The summed E-state index contributed by atoms with van der Waals surface area (Å²) in [5.41, 5.74) is 0.496. The third-order valence-electron chi connectivity index (χ3n) is 2.51. The largest absolute Gasteiger partial charge is 0.480 e. The molecule has 1 aromatic carbocycles. The van der Waals surface area contributed by atoms with E-state index in [0.717, 1.165) is 6.07 Å². The van der Waals surface area contributed by atoms with Crippen LogP contribution < -0.4 is 4.72 Å². The molecule has 0 bridgehead atoms. The zero-order valence-corrected chi connectivity index (χ0v) is 13.0. The van der Waals surface area contributed by atoms with Crippen LogP contribution in [0.3, 0.4) is 0 Å². The molecule has 0 heterocycles. The Kier molecular flexibility index (Phi) is 6.47. The van der Waals surface area contributed by atoms with Crippen LogP contribution in [0, 0.1) is 0 Å². The molecule has 0 saturated heterocycles. The van der Waals surface area contributed by atoms with Crippen molar-refractivity contribution in [3.05, 3.63) is 29.3 Å². The highest BCUT2D eigenvalue weighted by molar-refractivity contribution is 7.89. The van der Waals surface area contributed by atoms with Gasteiger partial charge in [0.1, 0.15) is 6.54 Å². The lowest BCUT2D eigenvalue weighted by atomic mass is 10.1. The first kappa shape index (κ1) is 18.1. The van der Waals surface area contributed by atoms with Crippen LogP contribution in [-0.2, 0) is 30.9 Å². The van der Waals surface area contributed by atoms with Crippen molar-refractivity contribution in [2.45, 2.75) is 18.4 Å². The minimum Gasteiger partial charge on any atom is -0.480 e. The number of rotatable bonds is 8. The highest BCUT2D eigenvalue weighted by atomic mass is 32.2. The topological polar surface area (TPSA) is 119 Å². The van der Waals surface area contributed by atoms with Crippen LogP contribution in [0.2, 0.25) is 0 Å². The molecule has 0 unspecified atom stereocenters. The molecule has 0 radical (unpaired) electrons. The first-order valence-corrected chi connectivity index (χ1v) is 7.80. The Labute approximate surface area is 128 Å². The summed E-state index contributed by atoms with van der Waals surface area (Å²) in [6, 6.07) is 3.88. The fourth-order valence-electron chi connectivity index (χ4n) is 1.64. The van der Waals surface area contributed by atoms with E-state index in [-0.39, 0.29) is 23.7 Å². The second-order valence-corrected chi connectivity index (χ2v) is 6.00. The Morgan fingerprint density at radius 1 is 1.27 bits per heavy atom. The predicted octanol–water partition coefficient (Wildman–Crippen LogP) is 0.373. The lowest BCUT2D eigenvalue weighted by Gasteiger charge is -2.10. The average molecular weight is 331 g/mol. The number of sulfonamides is 1. The maximum absolute atomic E-state index is 12.1. The van der Waals surface area contributed by atoms with E-state index in [1.807, 2.05) is 4.72 Å². The van der Waals surface area contributed by atoms with Crippen LogP contribution in [0.4, 0.5) is 0 Å². The van der Waals surface area contributed by atoms with Gasteiger partial charge in [0.15, 0.2) is 0 Å². The van der Waals surface area contributed by atoms with Crippen LogP contribution in [0.5, 0.6) is 0 Å². The van der Waals surface area contributed by atoms with Gasteiger partial charge < -0.3 is 14.6 Å². The molecule has 2 N–H and O–H groups in total. The molecule has 0 aliphatic rings. The van der Waals surface area contributed by atoms with Gasteiger partial charge in [-0.25, -0.2) is 13.2 Å². The van der Waals surface area contributed by atoms with Crippen molar-refractivity contribution in [2.75, 3.05) is 20.3 Å². The van der Waals surface area contributed by atoms with Crippen molar-refractivity contribution in [3.8, 4) is 0 Å². The van der Waals surface area contributed by atoms with Crippen molar-refractivity contribution in [1.82, 2.24) is 4.72 Å². The number of benzene rings is 1. The first-order valence-electron chi connectivity index (χ1n) is 6.31. The van der Waals surface area contributed by atoms with Crippen LogP contribution in [0.15, 0.2) is 23.1 Å². The van der Waals surface area contributed by atoms with Gasteiger partial charge in [-0.1, -0.05) is 0 Å². The molecule has 1 aromatic rings. The molecule has 22 heavy (non-hydrogen) atoms. The highest BCUT2D eigenvalue weighted by Crippen LogP contribution is 2.17. The summed E-state index contributed by atoms with van der Waals surface area (Å²) >= 11 is 0. The van der Waals surface area contributed by atoms with Crippen LogP contribution in [0.1, 0.15) is 22.8 Å². The van der Waals surface area contributed by atoms with Gasteiger partial charge in [-0.15, -0.1) is 0 Å². The fraction of sp³-hybridized carbons (Fsp3) is 0.385. The fourth-order valence-corrected chi connectivity index (χ4v) is 2.71. The number of carboxylic acid groups (broad SMARTS) is 1. The van der Waals surface area contributed by atoms with Crippen molar-refractivity contribution in [2.24, 2.45) is 0 Å². The Balaban J connectivity index is 3.22. The molecule has 0 aliphatic heterocycles. The van der Waals surface area contributed by atoms with Gasteiger partial charge in [-0.3, -0.25) is 4.79 Å². The summed E-state index contributed by atoms with van der Waals surface area (Å²) in [6.07, 6.45) is 0. The number of hydrogen-bond acceptors (Lipinski definition) is 6. The highest BCUT2D eigenvalue weighted by Gasteiger charge is 2.19. The molecule has 122 valence electrons. The third-order valence-corrected chi connectivity index (χ3v) is 3.89. The van der Waals surface area contributed by atoms with Gasteiger partial charge >= 0.3 is 11.9 Å². The summed E-state index contributed by atoms with van der Waals surface area (Å²) in [6.45, 7) is 1.11. The second kappa shape index (κ2) is 7.87. The number of carbonyl (C=O) groups is 2. The molecule has 1 rings (SSSR count). The predicted molar refractivity (Wildman–Crippen MR) is 75.9 cm³/mol. The van der Waals surface area contributed by atoms with Gasteiger partial charge in [0, 0.05) is 7.11 Å². The van der Waals surface area contributed by atoms with Crippen molar-refractivity contribution < 1.29 is 32.6 Å². The minimum atomic E-state index is -4.06. The lowest BCUT2D eigenvalue weighted by Crippen LogP contribution is -2.29. The van der Waals surface area contributed by atoms with Crippen molar-refractivity contribution in [1.29, 1.82) is 0 Å². The van der Waals surface area contributed by atoms with E-state index in [4.69, 9.17) is 14.6 Å². The standard InChI is InChI=1S/C13H17NO7S/c1-3-21-13(17)10-4-9(8-20-2)5-11(6-10)22(18,19)14-7-12(15)16/h4-6,14H,3,7-8H2,1-2H3,(H,15,16). The summed E-state index contributed by atoms with van der Waals surface area (Å²) in [7, 11) is -2.64. The molecule has 0 atom stereocenters. The van der Waals surface area contributed by atoms with E-state index in [2.05, 4.69) is 0 Å². The van der Waals surface area contributed by atoms with Gasteiger partial charge in [-0.2, -0.15) is 4.72 Å². The maximum atomic E-state index is 12.1.